The number of carbonyl (C=O) groups is 2. The molecule has 0 aromatic heterocycles. The fourth-order valence-electron chi connectivity index (χ4n) is 4.21. The third-order valence-electron chi connectivity index (χ3n) is 5.83. The van der Waals surface area contributed by atoms with Gasteiger partial charge in [0.15, 0.2) is 0 Å². The summed E-state index contributed by atoms with van der Waals surface area (Å²) in [6.45, 7) is 7.08. The van der Waals surface area contributed by atoms with Crippen LogP contribution in [-0.2, 0) is 24.8 Å². The average Bonchev–Trinajstić information content (AvgIpc) is 2.87. The number of esters is 2. The number of nitrogens with zero attached hydrogens (tertiary/aromatic N) is 1. The number of nitrogens with one attached hydrogen (secondary N) is 1. The number of nitro benzene ring substituents is 1. The van der Waals surface area contributed by atoms with Gasteiger partial charge >= 0.3 is 11.9 Å². The van der Waals surface area contributed by atoms with Gasteiger partial charge in [-0.15, -0.1) is 11.8 Å². The second-order valence-corrected chi connectivity index (χ2v) is 9.15. The molecule has 0 spiro atoms. The van der Waals surface area contributed by atoms with Crippen LogP contribution in [0.2, 0.25) is 0 Å². The number of rotatable bonds is 10. The number of benzene rings is 2. The molecular formula is C27H30N2O7S. The van der Waals surface area contributed by atoms with Crippen molar-refractivity contribution in [3.63, 3.8) is 0 Å². The third kappa shape index (κ3) is 6.14. The number of nitro groups is 1. The number of thioether (sulfide) groups is 1. The van der Waals surface area contributed by atoms with Crippen LogP contribution < -0.4 is 10.1 Å². The molecular weight excluding hydrogens is 496 g/mol. The van der Waals surface area contributed by atoms with E-state index in [1.54, 1.807) is 46.9 Å². The van der Waals surface area contributed by atoms with Gasteiger partial charge in [-0.25, -0.2) is 9.59 Å². The first-order valence-electron chi connectivity index (χ1n) is 11.8. The van der Waals surface area contributed by atoms with E-state index in [1.807, 2.05) is 24.3 Å². The van der Waals surface area contributed by atoms with Crippen LogP contribution in [0.4, 0.5) is 5.69 Å². The van der Waals surface area contributed by atoms with Gasteiger partial charge in [0.1, 0.15) is 5.75 Å². The molecule has 0 unspecified atom stereocenters. The standard InChI is InChI=1S/C27H30N2O7S/c1-6-35-26(30)22-16(3)28-17(4)23(27(31)36-7-2)24(22)20-9-8-10-21(29(32)33)25(20)37-15-18-11-13-19(34-5)14-12-18/h8-14,24,28H,6-7,15H2,1-5H3. The molecule has 3 rings (SSSR count). The van der Waals surface area contributed by atoms with E-state index in [2.05, 4.69) is 5.32 Å². The van der Waals surface area contributed by atoms with Crippen molar-refractivity contribution in [3.8, 4) is 5.75 Å². The van der Waals surface area contributed by atoms with Gasteiger partial charge in [-0.2, -0.15) is 0 Å². The maximum absolute atomic E-state index is 13.1. The minimum Gasteiger partial charge on any atom is -0.497 e. The van der Waals surface area contributed by atoms with Gasteiger partial charge in [-0.05, 0) is 51.0 Å². The molecule has 0 amide bonds. The minimum absolute atomic E-state index is 0.115. The van der Waals surface area contributed by atoms with Crippen molar-refractivity contribution in [3.05, 3.63) is 86.2 Å². The highest BCUT2D eigenvalue weighted by Gasteiger charge is 2.40. The average molecular weight is 527 g/mol. The SMILES string of the molecule is CCOC(=O)C1=C(C)NC(C)=C(C(=O)OCC)C1c1cccc([N+](=O)[O-])c1SCc1ccc(OC)cc1. The van der Waals surface area contributed by atoms with Gasteiger partial charge in [-0.3, -0.25) is 10.1 Å². The fraction of sp³-hybridized carbons (Fsp3) is 0.333. The first-order chi connectivity index (χ1) is 17.7. The molecule has 1 N–H and O–H groups in total. The smallest absolute Gasteiger partial charge is 0.336 e. The number of ether oxygens (including phenoxy) is 3. The summed E-state index contributed by atoms with van der Waals surface area (Å²) in [4.78, 5) is 38.3. The van der Waals surface area contributed by atoms with Crippen molar-refractivity contribution in [1.29, 1.82) is 0 Å². The molecule has 1 aliphatic heterocycles. The number of dihydropyridines is 1. The normalized spacial score (nSPS) is 13.8. The van der Waals surface area contributed by atoms with Crippen molar-refractivity contribution < 1.29 is 28.7 Å². The van der Waals surface area contributed by atoms with E-state index in [0.717, 1.165) is 5.56 Å². The zero-order valence-electron chi connectivity index (χ0n) is 21.5. The molecule has 196 valence electrons. The molecule has 1 heterocycles. The monoisotopic (exact) mass is 526 g/mol. The molecule has 0 saturated heterocycles. The molecule has 0 bridgehead atoms. The van der Waals surface area contributed by atoms with Crippen LogP contribution in [0.1, 0.15) is 44.7 Å². The Morgan fingerprint density at radius 1 is 0.973 bits per heavy atom. The van der Waals surface area contributed by atoms with Crippen molar-refractivity contribution in [1.82, 2.24) is 5.32 Å². The third-order valence-corrected chi connectivity index (χ3v) is 7.04. The zero-order valence-corrected chi connectivity index (χ0v) is 22.3. The second kappa shape index (κ2) is 12.4. The molecule has 0 radical (unpaired) electrons. The summed E-state index contributed by atoms with van der Waals surface area (Å²) < 4.78 is 15.9. The van der Waals surface area contributed by atoms with Crippen molar-refractivity contribution in [2.75, 3.05) is 20.3 Å². The minimum atomic E-state index is -0.919. The van der Waals surface area contributed by atoms with Crippen LogP contribution in [0.3, 0.4) is 0 Å². The van der Waals surface area contributed by atoms with Crippen LogP contribution in [0.15, 0.2) is 69.9 Å². The molecule has 0 saturated carbocycles. The number of hydrogen-bond acceptors (Lipinski definition) is 9. The molecule has 9 nitrogen and oxygen atoms in total. The van der Waals surface area contributed by atoms with Gasteiger partial charge in [0.25, 0.3) is 5.69 Å². The van der Waals surface area contributed by atoms with Gasteiger partial charge in [0.05, 0.1) is 47.2 Å². The summed E-state index contributed by atoms with van der Waals surface area (Å²) in [6, 6.07) is 12.1. The predicted molar refractivity (Wildman–Crippen MR) is 140 cm³/mol. The summed E-state index contributed by atoms with van der Waals surface area (Å²) in [5, 5.41) is 15.2. The molecule has 2 aromatic rings. The lowest BCUT2D eigenvalue weighted by molar-refractivity contribution is -0.387. The first kappa shape index (κ1) is 27.8. The summed E-state index contributed by atoms with van der Waals surface area (Å²) >= 11 is 1.27. The Hall–Kier alpha value is -3.79. The summed E-state index contributed by atoms with van der Waals surface area (Å²) in [6.07, 6.45) is 0. The maximum Gasteiger partial charge on any atom is 0.336 e. The number of methoxy groups -OCH3 is 1. The Morgan fingerprint density at radius 3 is 2.03 bits per heavy atom. The number of allylic oxidation sites excluding steroid dienone is 2. The van der Waals surface area contributed by atoms with E-state index in [1.165, 1.54) is 17.8 Å². The van der Waals surface area contributed by atoms with Crippen molar-refractivity contribution >= 4 is 29.4 Å². The molecule has 10 heteroatoms. The number of carbonyl (C=O) groups excluding carboxylic acids is 2. The largest absolute Gasteiger partial charge is 0.497 e. The summed E-state index contributed by atoms with van der Waals surface area (Å²) in [7, 11) is 1.58. The van der Waals surface area contributed by atoms with Crippen molar-refractivity contribution in [2.24, 2.45) is 0 Å². The van der Waals surface area contributed by atoms with E-state index in [0.29, 0.717) is 33.4 Å². The second-order valence-electron chi connectivity index (χ2n) is 8.17. The van der Waals surface area contributed by atoms with Gasteiger partial charge in [-0.1, -0.05) is 24.3 Å². The Bertz CT molecular complexity index is 1210. The van der Waals surface area contributed by atoms with Crippen molar-refractivity contribution in [2.45, 2.75) is 44.3 Å². The van der Waals surface area contributed by atoms with Gasteiger partial charge in [0.2, 0.25) is 0 Å². The van der Waals surface area contributed by atoms with Gasteiger partial charge < -0.3 is 19.5 Å². The van der Waals surface area contributed by atoms with Crippen LogP contribution in [0, 0.1) is 10.1 Å². The first-order valence-corrected chi connectivity index (χ1v) is 12.8. The predicted octanol–water partition coefficient (Wildman–Crippen LogP) is 5.26. The van der Waals surface area contributed by atoms with E-state index in [9.17, 15) is 19.7 Å². The Morgan fingerprint density at radius 2 is 1.54 bits per heavy atom. The quantitative estimate of drug-likeness (QED) is 0.191. The Labute approximate surface area is 220 Å². The molecule has 0 aliphatic carbocycles. The highest BCUT2D eigenvalue weighted by Crippen LogP contribution is 2.46. The van der Waals surface area contributed by atoms with Crippen LogP contribution in [0.5, 0.6) is 5.75 Å². The fourth-order valence-corrected chi connectivity index (χ4v) is 5.36. The lowest BCUT2D eigenvalue weighted by atomic mass is 9.80. The number of hydrogen-bond donors (Lipinski definition) is 1. The molecule has 0 atom stereocenters. The van der Waals surface area contributed by atoms with E-state index in [-0.39, 0.29) is 30.0 Å². The van der Waals surface area contributed by atoms with Gasteiger partial charge in [0, 0.05) is 23.2 Å². The topological polar surface area (TPSA) is 117 Å². The van der Waals surface area contributed by atoms with Crippen LogP contribution >= 0.6 is 11.8 Å². The van der Waals surface area contributed by atoms with E-state index < -0.39 is 22.8 Å². The molecule has 37 heavy (non-hydrogen) atoms. The van der Waals surface area contributed by atoms with Crippen LogP contribution in [0.25, 0.3) is 0 Å². The Kier molecular flexibility index (Phi) is 9.35. The molecule has 2 aromatic carbocycles. The molecule has 1 aliphatic rings. The highest BCUT2D eigenvalue weighted by molar-refractivity contribution is 7.98. The van der Waals surface area contributed by atoms with E-state index in [4.69, 9.17) is 14.2 Å². The highest BCUT2D eigenvalue weighted by atomic mass is 32.2. The summed E-state index contributed by atoms with van der Waals surface area (Å²) in [5.74, 6) is -1.01. The lowest BCUT2D eigenvalue weighted by Crippen LogP contribution is -2.32. The van der Waals surface area contributed by atoms with E-state index >= 15 is 0 Å². The van der Waals surface area contributed by atoms with Crippen LogP contribution in [-0.4, -0.2) is 37.2 Å². The molecule has 0 fully saturated rings. The Balaban J connectivity index is 2.19. The summed E-state index contributed by atoms with van der Waals surface area (Å²) in [5.41, 5.74) is 2.70. The lowest BCUT2D eigenvalue weighted by Gasteiger charge is -2.31. The zero-order chi connectivity index (χ0) is 27.1. The maximum atomic E-state index is 13.1.